The Balaban J connectivity index is 1.22. The summed E-state index contributed by atoms with van der Waals surface area (Å²) in [6.07, 6.45) is -0.106. The van der Waals surface area contributed by atoms with Gasteiger partial charge in [0.05, 0.1) is 5.92 Å². The number of piperidine rings is 1. The number of fused-ring (bicyclic) bond motifs is 4. The van der Waals surface area contributed by atoms with Crippen LogP contribution < -0.4 is 5.32 Å². The van der Waals surface area contributed by atoms with Crippen LogP contribution in [0.5, 0.6) is 0 Å². The molecule has 2 N–H and O–H groups in total. The average molecular weight is 463 g/mol. The normalized spacial score (nSPS) is 23.1. The first-order valence-electron chi connectivity index (χ1n) is 12.0. The molecule has 0 bridgehead atoms. The highest BCUT2D eigenvalue weighted by molar-refractivity contribution is 5.87. The fraction of sp³-hybridized carbons (Fsp3) is 0.444. The van der Waals surface area contributed by atoms with Crippen LogP contribution in [0.2, 0.25) is 0 Å². The number of aliphatic carboxylic acids is 1. The molecule has 1 aliphatic heterocycles. The molecule has 3 unspecified atom stereocenters. The molecule has 2 aliphatic carbocycles. The number of nitrogens with zero attached hydrogens (tertiary/aromatic N) is 1. The quantitative estimate of drug-likeness (QED) is 0.654. The Kier molecular flexibility index (Phi) is 5.80. The van der Waals surface area contributed by atoms with Crippen LogP contribution in [0.25, 0.3) is 11.1 Å². The third kappa shape index (κ3) is 4.04. The number of benzene rings is 2. The minimum Gasteiger partial charge on any atom is -0.481 e. The molecule has 1 saturated heterocycles. The van der Waals surface area contributed by atoms with Crippen molar-refractivity contribution in [1.82, 2.24) is 10.2 Å². The maximum atomic E-state index is 13.2. The molecule has 3 atom stereocenters. The zero-order chi connectivity index (χ0) is 24.0. The topological polar surface area (TPSA) is 95.9 Å². The third-order valence-corrected chi connectivity index (χ3v) is 7.43. The second-order valence-corrected chi connectivity index (χ2v) is 10.1. The fourth-order valence-corrected chi connectivity index (χ4v) is 5.77. The number of alkyl carbamates (subject to hydrolysis) is 1. The van der Waals surface area contributed by atoms with Crippen LogP contribution in [0.15, 0.2) is 48.5 Å². The van der Waals surface area contributed by atoms with Crippen molar-refractivity contribution < 1.29 is 24.2 Å². The van der Waals surface area contributed by atoms with E-state index in [1.54, 1.807) is 4.90 Å². The van der Waals surface area contributed by atoms with Crippen LogP contribution in [0.4, 0.5) is 4.79 Å². The first-order chi connectivity index (χ1) is 16.3. The monoisotopic (exact) mass is 462 g/mol. The smallest absolute Gasteiger partial charge is 0.407 e. The number of nitrogens with one attached hydrogen (secondary N) is 1. The predicted octanol–water partition coefficient (Wildman–Crippen LogP) is 3.73. The van der Waals surface area contributed by atoms with Crippen LogP contribution in [0, 0.1) is 23.7 Å². The number of hydrogen-bond donors (Lipinski definition) is 2. The van der Waals surface area contributed by atoms with Crippen LogP contribution in [-0.2, 0) is 14.3 Å². The van der Waals surface area contributed by atoms with E-state index >= 15 is 0 Å². The molecule has 5 rings (SSSR count). The van der Waals surface area contributed by atoms with Gasteiger partial charge in [0, 0.05) is 19.0 Å². The first kappa shape index (κ1) is 22.4. The molecule has 2 aromatic carbocycles. The van der Waals surface area contributed by atoms with Gasteiger partial charge < -0.3 is 20.1 Å². The van der Waals surface area contributed by atoms with Crippen LogP contribution in [-0.4, -0.2) is 53.7 Å². The van der Waals surface area contributed by atoms with Gasteiger partial charge in [0.1, 0.15) is 12.6 Å². The maximum Gasteiger partial charge on any atom is 0.407 e. The molecule has 1 saturated carbocycles. The molecule has 178 valence electrons. The average Bonchev–Trinajstić information content (AvgIpc) is 3.17. The summed E-state index contributed by atoms with van der Waals surface area (Å²) in [7, 11) is 0. The lowest BCUT2D eigenvalue weighted by Crippen LogP contribution is -2.49. The summed E-state index contributed by atoms with van der Waals surface area (Å²) in [5, 5.41) is 12.0. The molecular formula is C27H30N2O5. The summed E-state index contributed by atoms with van der Waals surface area (Å²) in [4.78, 5) is 38.9. The Morgan fingerprint density at radius 2 is 1.56 bits per heavy atom. The number of ether oxygens (including phenoxy) is 1. The summed E-state index contributed by atoms with van der Waals surface area (Å²) < 4.78 is 5.64. The van der Waals surface area contributed by atoms with Crippen LogP contribution in [0.3, 0.4) is 0 Å². The molecule has 0 spiro atoms. The number of hydrogen-bond acceptors (Lipinski definition) is 4. The molecule has 2 amide bonds. The summed E-state index contributed by atoms with van der Waals surface area (Å²) >= 11 is 0. The molecule has 1 heterocycles. The van der Waals surface area contributed by atoms with E-state index in [0.29, 0.717) is 19.5 Å². The molecule has 0 aromatic heterocycles. The Morgan fingerprint density at radius 3 is 2.09 bits per heavy atom. The number of amides is 2. The highest BCUT2D eigenvalue weighted by Gasteiger charge is 2.60. The van der Waals surface area contributed by atoms with E-state index in [1.807, 2.05) is 38.1 Å². The molecule has 3 aliphatic rings. The van der Waals surface area contributed by atoms with Gasteiger partial charge in [-0.1, -0.05) is 62.4 Å². The third-order valence-electron chi connectivity index (χ3n) is 7.43. The molecule has 0 radical (unpaired) electrons. The lowest BCUT2D eigenvalue weighted by atomic mass is 9.98. The van der Waals surface area contributed by atoms with Gasteiger partial charge in [-0.15, -0.1) is 0 Å². The number of likely N-dealkylation sites (tertiary alicyclic amines) is 1. The van der Waals surface area contributed by atoms with E-state index in [-0.39, 0.29) is 42.1 Å². The summed E-state index contributed by atoms with van der Waals surface area (Å²) in [6, 6.07) is 15.6. The fourth-order valence-electron chi connectivity index (χ4n) is 5.77. The zero-order valence-corrected chi connectivity index (χ0v) is 19.4. The highest BCUT2D eigenvalue weighted by atomic mass is 16.5. The summed E-state index contributed by atoms with van der Waals surface area (Å²) in [5.41, 5.74) is 4.59. The van der Waals surface area contributed by atoms with Crippen molar-refractivity contribution in [3.63, 3.8) is 0 Å². The summed E-state index contributed by atoms with van der Waals surface area (Å²) in [5.74, 6) is -1.03. The van der Waals surface area contributed by atoms with Gasteiger partial charge in [0.15, 0.2) is 0 Å². The van der Waals surface area contributed by atoms with Gasteiger partial charge in [0.25, 0.3) is 0 Å². The SMILES string of the molecule is CC(C)CC(NC(=O)OCC1c2ccccc2-c2ccccc21)C(=O)N1CC2C(C1)C2C(=O)O. The highest BCUT2D eigenvalue weighted by Crippen LogP contribution is 2.52. The zero-order valence-electron chi connectivity index (χ0n) is 19.4. The molecule has 7 heteroatoms. The van der Waals surface area contributed by atoms with Crippen molar-refractivity contribution in [1.29, 1.82) is 0 Å². The predicted molar refractivity (Wildman–Crippen MR) is 126 cm³/mol. The molecule has 2 fully saturated rings. The standard InChI is InChI=1S/C27H30N2O5/c1-15(2)11-23(25(30)29-12-20-21(13-29)24(20)26(31)32)28-27(33)34-14-22-18-9-5-3-7-16(18)17-8-4-6-10-19(17)22/h3-10,15,20-24H,11-14H2,1-2H3,(H,28,33)(H,31,32). The van der Waals surface area contributed by atoms with E-state index in [1.165, 1.54) is 0 Å². The number of carboxylic acid groups (broad SMARTS) is 1. The summed E-state index contributed by atoms with van der Waals surface area (Å²) in [6.45, 7) is 5.09. The van der Waals surface area contributed by atoms with Crippen LogP contribution >= 0.6 is 0 Å². The maximum absolute atomic E-state index is 13.2. The van der Waals surface area contributed by atoms with Crippen molar-refractivity contribution in [3.05, 3.63) is 59.7 Å². The van der Waals surface area contributed by atoms with Gasteiger partial charge in [0.2, 0.25) is 5.91 Å². The lowest BCUT2D eigenvalue weighted by Gasteiger charge is -2.27. The van der Waals surface area contributed by atoms with Gasteiger partial charge in [-0.05, 0) is 46.4 Å². The molecule has 2 aromatic rings. The number of carboxylic acids is 1. The van der Waals surface area contributed by atoms with Crippen molar-refractivity contribution in [2.75, 3.05) is 19.7 Å². The Hall–Kier alpha value is -3.35. The van der Waals surface area contributed by atoms with Crippen molar-refractivity contribution in [3.8, 4) is 11.1 Å². The van der Waals surface area contributed by atoms with Crippen molar-refractivity contribution in [2.45, 2.75) is 32.2 Å². The van der Waals surface area contributed by atoms with E-state index in [2.05, 4.69) is 29.6 Å². The van der Waals surface area contributed by atoms with Crippen LogP contribution in [0.1, 0.15) is 37.3 Å². The van der Waals surface area contributed by atoms with E-state index in [9.17, 15) is 19.5 Å². The largest absolute Gasteiger partial charge is 0.481 e. The second kappa shape index (κ2) is 8.78. The van der Waals surface area contributed by atoms with E-state index < -0.39 is 18.1 Å². The molecule has 7 nitrogen and oxygen atoms in total. The van der Waals surface area contributed by atoms with Gasteiger partial charge >= 0.3 is 12.1 Å². The first-order valence-corrected chi connectivity index (χ1v) is 12.0. The number of rotatable bonds is 7. The Morgan fingerprint density at radius 1 is 1.00 bits per heavy atom. The van der Waals surface area contributed by atoms with Crippen molar-refractivity contribution >= 4 is 18.0 Å². The Bertz CT molecular complexity index is 1070. The second-order valence-electron chi connectivity index (χ2n) is 10.1. The lowest BCUT2D eigenvalue weighted by molar-refractivity contribution is -0.141. The van der Waals surface area contributed by atoms with Gasteiger partial charge in [-0.2, -0.15) is 0 Å². The minimum atomic E-state index is -0.780. The van der Waals surface area contributed by atoms with Gasteiger partial charge in [-0.25, -0.2) is 4.79 Å². The molecule has 34 heavy (non-hydrogen) atoms. The van der Waals surface area contributed by atoms with Crippen molar-refractivity contribution in [2.24, 2.45) is 23.7 Å². The minimum absolute atomic E-state index is 0.0376. The van der Waals surface area contributed by atoms with E-state index in [0.717, 1.165) is 22.3 Å². The number of carbonyl (C=O) groups is 3. The van der Waals surface area contributed by atoms with E-state index in [4.69, 9.17) is 4.74 Å². The molecular weight excluding hydrogens is 432 g/mol. The number of carbonyl (C=O) groups excluding carboxylic acids is 2. The van der Waals surface area contributed by atoms with Gasteiger partial charge in [-0.3, -0.25) is 9.59 Å². The Labute approximate surface area is 199 Å².